The molecule has 0 spiro atoms. The van der Waals surface area contributed by atoms with Gasteiger partial charge in [0.1, 0.15) is 5.69 Å². The summed E-state index contributed by atoms with van der Waals surface area (Å²) in [5.41, 5.74) is 1.84. The van der Waals surface area contributed by atoms with Crippen LogP contribution in [-0.4, -0.2) is 36.7 Å². The van der Waals surface area contributed by atoms with E-state index in [1.807, 2.05) is 37.3 Å². The predicted octanol–water partition coefficient (Wildman–Crippen LogP) is 4.79. The molecule has 4 rings (SSSR count). The third kappa shape index (κ3) is 4.71. The molecule has 162 valence electrons. The van der Waals surface area contributed by atoms with E-state index in [1.165, 1.54) is 11.3 Å². The summed E-state index contributed by atoms with van der Waals surface area (Å²) in [5.74, 6) is 0.239. The van der Waals surface area contributed by atoms with E-state index >= 15 is 0 Å². The third-order valence-electron chi connectivity index (χ3n) is 5.48. The van der Waals surface area contributed by atoms with Gasteiger partial charge in [-0.25, -0.2) is 13.4 Å². The van der Waals surface area contributed by atoms with Gasteiger partial charge in [0.2, 0.25) is 10.0 Å². The second-order valence-electron chi connectivity index (χ2n) is 7.84. The highest BCUT2D eigenvalue weighted by atomic mass is 32.2. The van der Waals surface area contributed by atoms with E-state index in [0.717, 1.165) is 28.3 Å². The zero-order valence-electron chi connectivity index (χ0n) is 17.5. The van der Waals surface area contributed by atoms with Crippen LogP contribution in [0.5, 0.6) is 0 Å². The van der Waals surface area contributed by atoms with Gasteiger partial charge in [-0.2, -0.15) is 4.31 Å². The first-order chi connectivity index (χ1) is 14.8. The Balaban J connectivity index is 1.51. The summed E-state index contributed by atoms with van der Waals surface area (Å²) in [6.07, 6.45) is 1.76. The lowest BCUT2D eigenvalue weighted by atomic mass is 10.0. The van der Waals surface area contributed by atoms with Crippen LogP contribution in [0, 0.1) is 12.8 Å². The van der Waals surface area contributed by atoms with E-state index in [1.54, 1.807) is 28.6 Å². The van der Waals surface area contributed by atoms with E-state index in [9.17, 15) is 13.2 Å². The molecule has 0 radical (unpaired) electrons. The highest BCUT2D eigenvalue weighted by Crippen LogP contribution is 2.31. The number of nitrogens with one attached hydrogen (secondary N) is 1. The summed E-state index contributed by atoms with van der Waals surface area (Å²) >= 11 is 1.47. The van der Waals surface area contributed by atoms with E-state index in [2.05, 4.69) is 17.2 Å². The molecule has 0 unspecified atom stereocenters. The Hall–Kier alpha value is -2.55. The normalized spacial score (nSPS) is 15.7. The number of benzene rings is 2. The molecule has 1 aliphatic rings. The molecule has 1 aromatic heterocycles. The average Bonchev–Trinajstić information content (AvgIpc) is 3.17. The maximum absolute atomic E-state index is 12.9. The number of thiazole rings is 1. The van der Waals surface area contributed by atoms with Crippen molar-refractivity contribution in [2.24, 2.45) is 5.92 Å². The number of anilines is 1. The second kappa shape index (κ2) is 8.90. The quantitative estimate of drug-likeness (QED) is 0.600. The molecule has 31 heavy (non-hydrogen) atoms. The number of hydrogen-bond donors (Lipinski definition) is 1. The molecule has 6 nitrogen and oxygen atoms in total. The fraction of sp³-hybridized carbons (Fsp3) is 0.304. The number of piperidine rings is 1. The highest BCUT2D eigenvalue weighted by molar-refractivity contribution is 7.89. The maximum atomic E-state index is 12.9. The number of carbonyl (C=O) groups excluding carboxylic acids is 1. The standard InChI is InChI=1S/C23H25N3O3S2/c1-16-12-14-26(15-13-16)31(28,29)20-10-8-19(9-11-20)25-23(27)21-22(30-17(2)24-21)18-6-4-3-5-7-18/h3-11,16H,12-15H2,1-2H3,(H,25,27). The Morgan fingerprint density at radius 2 is 1.71 bits per heavy atom. The molecule has 1 fully saturated rings. The molecule has 0 bridgehead atoms. The van der Waals surface area contributed by atoms with Crippen molar-refractivity contribution in [2.45, 2.75) is 31.6 Å². The van der Waals surface area contributed by atoms with Crippen molar-refractivity contribution >= 4 is 33.0 Å². The van der Waals surface area contributed by atoms with E-state index in [-0.39, 0.29) is 10.8 Å². The van der Waals surface area contributed by atoms with Crippen LogP contribution in [0.1, 0.15) is 35.3 Å². The summed E-state index contributed by atoms with van der Waals surface area (Å²) in [6.45, 7) is 5.12. The number of nitrogens with zero attached hydrogens (tertiary/aromatic N) is 2. The van der Waals surface area contributed by atoms with Crippen LogP contribution in [-0.2, 0) is 10.0 Å². The maximum Gasteiger partial charge on any atom is 0.275 e. The number of carbonyl (C=O) groups is 1. The van der Waals surface area contributed by atoms with Crippen LogP contribution in [0.3, 0.4) is 0 Å². The van der Waals surface area contributed by atoms with Gasteiger partial charge in [0.15, 0.2) is 0 Å². The molecule has 1 amide bonds. The molecule has 1 saturated heterocycles. The third-order valence-corrected chi connectivity index (χ3v) is 8.41. The number of amides is 1. The van der Waals surface area contributed by atoms with Gasteiger partial charge >= 0.3 is 0 Å². The van der Waals surface area contributed by atoms with Gasteiger partial charge in [0.05, 0.1) is 14.8 Å². The topological polar surface area (TPSA) is 79.4 Å². The Kier molecular flexibility index (Phi) is 6.22. The Bertz CT molecular complexity index is 1160. The molecule has 2 aromatic carbocycles. The average molecular weight is 456 g/mol. The van der Waals surface area contributed by atoms with Crippen molar-refractivity contribution in [3.8, 4) is 10.4 Å². The van der Waals surface area contributed by atoms with Gasteiger partial charge in [-0.3, -0.25) is 4.79 Å². The van der Waals surface area contributed by atoms with E-state index in [4.69, 9.17) is 0 Å². The van der Waals surface area contributed by atoms with E-state index in [0.29, 0.717) is 30.4 Å². The molecule has 0 saturated carbocycles. The first kappa shape index (κ1) is 21.7. The Labute approximate surface area is 187 Å². The first-order valence-electron chi connectivity index (χ1n) is 10.3. The van der Waals surface area contributed by atoms with Crippen LogP contribution in [0.2, 0.25) is 0 Å². The van der Waals surface area contributed by atoms with Gasteiger partial charge in [-0.15, -0.1) is 11.3 Å². The predicted molar refractivity (Wildman–Crippen MR) is 124 cm³/mol. The van der Waals surface area contributed by atoms with Crippen LogP contribution >= 0.6 is 11.3 Å². The fourth-order valence-corrected chi connectivity index (χ4v) is 6.03. The SMILES string of the molecule is Cc1nc(C(=O)Nc2ccc(S(=O)(=O)N3CCC(C)CC3)cc2)c(-c2ccccc2)s1. The van der Waals surface area contributed by atoms with Gasteiger partial charge in [0, 0.05) is 18.8 Å². The first-order valence-corrected chi connectivity index (χ1v) is 12.5. The zero-order chi connectivity index (χ0) is 22.0. The summed E-state index contributed by atoms with van der Waals surface area (Å²) < 4.78 is 27.3. The Morgan fingerprint density at radius 3 is 2.35 bits per heavy atom. The molecular weight excluding hydrogens is 430 g/mol. The summed E-state index contributed by atoms with van der Waals surface area (Å²) in [4.78, 5) is 18.4. The number of aryl methyl sites for hydroxylation is 1. The fourth-order valence-electron chi connectivity index (χ4n) is 3.64. The largest absolute Gasteiger partial charge is 0.321 e. The van der Waals surface area contributed by atoms with Gasteiger partial charge in [-0.1, -0.05) is 37.3 Å². The highest BCUT2D eigenvalue weighted by Gasteiger charge is 2.28. The minimum absolute atomic E-state index is 0.245. The molecule has 0 atom stereocenters. The van der Waals surface area contributed by atoms with E-state index < -0.39 is 10.0 Å². The summed E-state index contributed by atoms with van der Waals surface area (Å²) in [5, 5.41) is 3.65. The van der Waals surface area contributed by atoms with Crippen molar-refractivity contribution in [3.63, 3.8) is 0 Å². The lowest BCUT2D eigenvalue weighted by Crippen LogP contribution is -2.37. The van der Waals surface area contributed by atoms with Crippen molar-refractivity contribution in [1.82, 2.24) is 9.29 Å². The summed E-state index contributed by atoms with van der Waals surface area (Å²) in [7, 11) is -3.51. The van der Waals surface area contributed by atoms with Gasteiger partial charge in [0.25, 0.3) is 5.91 Å². The minimum Gasteiger partial charge on any atom is -0.321 e. The molecule has 2 heterocycles. The zero-order valence-corrected chi connectivity index (χ0v) is 19.2. The molecular formula is C23H25N3O3S2. The monoisotopic (exact) mass is 455 g/mol. The Morgan fingerprint density at radius 1 is 1.06 bits per heavy atom. The summed E-state index contributed by atoms with van der Waals surface area (Å²) in [6, 6.07) is 16.0. The van der Waals surface area contributed by atoms with Crippen molar-refractivity contribution in [2.75, 3.05) is 18.4 Å². The van der Waals surface area contributed by atoms with Crippen LogP contribution in [0.15, 0.2) is 59.5 Å². The number of rotatable bonds is 5. The molecule has 1 N–H and O–H groups in total. The van der Waals surface area contributed by atoms with Crippen LogP contribution < -0.4 is 5.32 Å². The second-order valence-corrected chi connectivity index (χ2v) is 11.0. The van der Waals surface area contributed by atoms with Crippen molar-refractivity contribution < 1.29 is 13.2 Å². The smallest absolute Gasteiger partial charge is 0.275 e. The minimum atomic E-state index is -3.51. The van der Waals surface area contributed by atoms with Crippen LogP contribution in [0.4, 0.5) is 5.69 Å². The molecule has 8 heteroatoms. The number of aromatic nitrogens is 1. The van der Waals surface area contributed by atoms with Crippen molar-refractivity contribution in [3.05, 3.63) is 65.3 Å². The van der Waals surface area contributed by atoms with Crippen molar-refractivity contribution in [1.29, 1.82) is 0 Å². The molecule has 1 aliphatic heterocycles. The lowest BCUT2D eigenvalue weighted by molar-refractivity contribution is 0.102. The number of hydrogen-bond acceptors (Lipinski definition) is 5. The molecule has 3 aromatic rings. The van der Waals surface area contributed by atoms with Gasteiger partial charge < -0.3 is 5.32 Å². The molecule has 0 aliphatic carbocycles. The lowest BCUT2D eigenvalue weighted by Gasteiger charge is -2.29. The van der Waals surface area contributed by atoms with Gasteiger partial charge in [-0.05, 0) is 55.5 Å². The number of sulfonamides is 1. The van der Waals surface area contributed by atoms with Crippen LogP contribution in [0.25, 0.3) is 10.4 Å².